The van der Waals surface area contributed by atoms with Crippen molar-refractivity contribution in [2.45, 2.75) is 26.2 Å². The predicted molar refractivity (Wildman–Crippen MR) is 78.9 cm³/mol. The van der Waals surface area contributed by atoms with Gasteiger partial charge >= 0.3 is 0 Å². The zero-order valence-electron chi connectivity index (χ0n) is 11.9. The molecule has 2 rings (SSSR count). The van der Waals surface area contributed by atoms with Gasteiger partial charge in [-0.3, -0.25) is 4.79 Å². The molecule has 4 heteroatoms. The monoisotopic (exact) mass is 287 g/mol. The summed E-state index contributed by atoms with van der Waals surface area (Å²) in [6, 6.07) is 15.7. The van der Waals surface area contributed by atoms with E-state index in [2.05, 4.69) is 5.32 Å². The van der Waals surface area contributed by atoms with Gasteiger partial charge in [0.25, 0.3) is 0 Å². The third kappa shape index (κ3) is 5.00. The van der Waals surface area contributed by atoms with Crippen molar-refractivity contribution in [2.75, 3.05) is 0 Å². The summed E-state index contributed by atoms with van der Waals surface area (Å²) < 4.78 is 18.3. The lowest BCUT2D eigenvalue weighted by Gasteiger charge is -2.13. The number of ether oxygens (including phenoxy) is 1. The molecule has 0 aromatic heterocycles. The number of hydrogen-bond acceptors (Lipinski definition) is 2. The molecule has 0 saturated heterocycles. The molecule has 2 aromatic rings. The summed E-state index contributed by atoms with van der Waals surface area (Å²) in [5.41, 5.74) is 1.87. The van der Waals surface area contributed by atoms with Crippen LogP contribution in [0.3, 0.4) is 0 Å². The largest absolute Gasteiger partial charge is 0.364 e. The molecule has 0 bridgehead atoms. The van der Waals surface area contributed by atoms with E-state index in [1.807, 2.05) is 30.3 Å². The second-order valence-electron chi connectivity index (χ2n) is 4.78. The summed E-state index contributed by atoms with van der Waals surface area (Å²) in [5, 5.41) is 2.77. The van der Waals surface area contributed by atoms with E-state index in [0.29, 0.717) is 13.2 Å². The minimum absolute atomic E-state index is 0.185. The molecule has 110 valence electrons. The van der Waals surface area contributed by atoms with Crippen LogP contribution < -0.4 is 5.32 Å². The maximum absolute atomic E-state index is 12.8. The normalized spacial score (nSPS) is 11.9. The number of benzene rings is 2. The SMILES string of the molecule is CC(OCc1ccccc1)C(=O)NCc1ccc(F)cc1. The molecule has 0 saturated carbocycles. The molecule has 0 aliphatic heterocycles. The molecule has 0 spiro atoms. The molecule has 2 aromatic carbocycles. The lowest BCUT2D eigenvalue weighted by molar-refractivity contribution is -0.132. The van der Waals surface area contributed by atoms with E-state index in [0.717, 1.165) is 11.1 Å². The van der Waals surface area contributed by atoms with Crippen molar-refractivity contribution in [3.8, 4) is 0 Å². The molecular weight excluding hydrogens is 269 g/mol. The summed E-state index contributed by atoms with van der Waals surface area (Å²) >= 11 is 0. The lowest BCUT2D eigenvalue weighted by Crippen LogP contribution is -2.34. The highest BCUT2D eigenvalue weighted by Gasteiger charge is 2.12. The Bertz CT molecular complexity index is 569. The average molecular weight is 287 g/mol. The van der Waals surface area contributed by atoms with Gasteiger partial charge in [0.05, 0.1) is 6.61 Å². The minimum Gasteiger partial charge on any atom is -0.364 e. The van der Waals surface area contributed by atoms with Crippen molar-refractivity contribution in [1.82, 2.24) is 5.32 Å². The summed E-state index contributed by atoms with van der Waals surface area (Å²) in [7, 11) is 0. The first-order chi connectivity index (χ1) is 10.1. The van der Waals surface area contributed by atoms with Crippen LogP contribution in [0.1, 0.15) is 18.1 Å². The van der Waals surface area contributed by atoms with E-state index in [1.165, 1.54) is 12.1 Å². The zero-order chi connectivity index (χ0) is 15.1. The van der Waals surface area contributed by atoms with Gasteiger partial charge < -0.3 is 10.1 Å². The first-order valence-electron chi connectivity index (χ1n) is 6.83. The highest BCUT2D eigenvalue weighted by Crippen LogP contribution is 2.05. The highest BCUT2D eigenvalue weighted by atomic mass is 19.1. The van der Waals surface area contributed by atoms with Crippen LogP contribution in [-0.4, -0.2) is 12.0 Å². The third-order valence-corrected chi connectivity index (χ3v) is 3.09. The van der Waals surface area contributed by atoms with Crippen LogP contribution in [0.4, 0.5) is 4.39 Å². The highest BCUT2D eigenvalue weighted by molar-refractivity contribution is 5.80. The maximum atomic E-state index is 12.8. The Morgan fingerprint density at radius 2 is 1.76 bits per heavy atom. The Labute approximate surface area is 123 Å². The molecule has 3 nitrogen and oxygen atoms in total. The first kappa shape index (κ1) is 15.2. The second-order valence-corrected chi connectivity index (χ2v) is 4.78. The molecule has 0 fully saturated rings. The predicted octanol–water partition coefficient (Wildman–Crippen LogP) is 3.05. The standard InChI is InChI=1S/C17H18FNO2/c1-13(21-12-15-5-3-2-4-6-15)17(20)19-11-14-7-9-16(18)10-8-14/h2-10,13H,11-12H2,1H3,(H,19,20). The van der Waals surface area contributed by atoms with Gasteiger partial charge in [0.1, 0.15) is 11.9 Å². The Morgan fingerprint density at radius 3 is 2.43 bits per heavy atom. The summed E-state index contributed by atoms with van der Waals surface area (Å²) in [5.74, 6) is -0.472. The number of nitrogens with one attached hydrogen (secondary N) is 1. The smallest absolute Gasteiger partial charge is 0.249 e. The van der Waals surface area contributed by atoms with E-state index < -0.39 is 6.10 Å². The van der Waals surface area contributed by atoms with Crippen molar-refractivity contribution in [1.29, 1.82) is 0 Å². The molecule has 1 unspecified atom stereocenters. The van der Waals surface area contributed by atoms with Crippen molar-refractivity contribution >= 4 is 5.91 Å². The fourth-order valence-corrected chi connectivity index (χ4v) is 1.81. The van der Waals surface area contributed by atoms with Crippen LogP contribution in [0.5, 0.6) is 0 Å². The molecule has 0 heterocycles. The van der Waals surface area contributed by atoms with Gasteiger partial charge in [-0.15, -0.1) is 0 Å². The first-order valence-corrected chi connectivity index (χ1v) is 6.83. The molecule has 1 atom stereocenters. The van der Waals surface area contributed by atoms with E-state index >= 15 is 0 Å². The number of amides is 1. The Balaban J connectivity index is 1.76. The van der Waals surface area contributed by atoms with E-state index in [4.69, 9.17) is 4.74 Å². The molecule has 0 aliphatic carbocycles. The number of halogens is 1. The van der Waals surface area contributed by atoms with Crippen LogP contribution in [0, 0.1) is 5.82 Å². The summed E-state index contributed by atoms with van der Waals surface area (Å²) in [4.78, 5) is 11.9. The Hall–Kier alpha value is -2.20. The zero-order valence-corrected chi connectivity index (χ0v) is 11.9. The number of carbonyl (C=O) groups excluding carboxylic acids is 1. The van der Waals surface area contributed by atoms with Crippen molar-refractivity contribution < 1.29 is 13.9 Å². The molecule has 0 radical (unpaired) electrons. The van der Waals surface area contributed by atoms with Crippen molar-refractivity contribution in [3.63, 3.8) is 0 Å². The molecular formula is C17H18FNO2. The number of hydrogen-bond donors (Lipinski definition) is 1. The molecule has 1 N–H and O–H groups in total. The third-order valence-electron chi connectivity index (χ3n) is 3.09. The maximum Gasteiger partial charge on any atom is 0.249 e. The summed E-state index contributed by atoms with van der Waals surface area (Å²) in [6.07, 6.45) is -0.536. The van der Waals surface area contributed by atoms with E-state index in [9.17, 15) is 9.18 Å². The fourth-order valence-electron chi connectivity index (χ4n) is 1.81. The molecule has 1 amide bonds. The van der Waals surface area contributed by atoms with E-state index in [-0.39, 0.29) is 11.7 Å². The quantitative estimate of drug-likeness (QED) is 0.887. The second kappa shape index (κ2) is 7.55. The van der Waals surface area contributed by atoms with Gasteiger partial charge in [0, 0.05) is 6.54 Å². The van der Waals surface area contributed by atoms with Gasteiger partial charge in [0.15, 0.2) is 0 Å². The van der Waals surface area contributed by atoms with Crippen molar-refractivity contribution in [2.24, 2.45) is 0 Å². The average Bonchev–Trinajstić information content (AvgIpc) is 2.52. The fraction of sp³-hybridized carbons (Fsp3) is 0.235. The molecule has 21 heavy (non-hydrogen) atoms. The van der Waals surface area contributed by atoms with Crippen LogP contribution in [-0.2, 0) is 22.7 Å². The van der Waals surface area contributed by atoms with Gasteiger partial charge in [-0.25, -0.2) is 4.39 Å². The summed E-state index contributed by atoms with van der Waals surface area (Å²) in [6.45, 7) is 2.47. The van der Waals surface area contributed by atoms with Crippen LogP contribution in [0.15, 0.2) is 54.6 Å². The van der Waals surface area contributed by atoms with Gasteiger partial charge in [-0.05, 0) is 30.2 Å². The van der Waals surface area contributed by atoms with Gasteiger partial charge in [-0.2, -0.15) is 0 Å². The Kier molecular flexibility index (Phi) is 5.46. The number of rotatable bonds is 6. The Morgan fingerprint density at radius 1 is 1.10 bits per heavy atom. The topological polar surface area (TPSA) is 38.3 Å². The number of carbonyl (C=O) groups is 1. The van der Waals surface area contributed by atoms with Crippen LogP contribution in [0.25, 0.3) is 0 Å². The van der Waals surface area contributed by atoms with Crippen LogP contribution in [0.2, 0.25) is 0 Å². The molecule has 0 aliphatic rings. The van der Waals surface area contributed by atoms with E-state index in [1.54, 1.807) is 19.1 Å². The van der Waals surface area contributed by atoms with Gasteiger partial charge in [0.2, 0.25) is 5.91 Å². The van der Waals surface area contributed by atoms with Crippen LogP contribution >= 0.6 is 0 Å². The lowest BCUT2D eigenvalue weighted by atomic mass is 10.2. The van der Waals surface area contributed by atoms with Crippen molar-refractivity contribution in [3.05, 3.63) is 71.5 Å². The van der Waals surface area contributed by atoms with Gasteiger partial charge in [-0.1, -0.05) is 42.5 Å². The minimum atomic E-state index is -0.536.